The second kappa shape index (κ2) is 10.6. The molecule has 25 heavy (non-hydrogen) atoms. The van der Waals surface area contributed by atoms with E-state index in [1.54, 1.807) is 4.90 Å². The highest BCUT2D eigenvalue weighted by molar-refractivity contribution is 14.0. The summed E-state index contributed by atoms with van der Waals surface area (Å²) < 4.78 is 0. The molecule has 0 aliphatic carbocycles. The first-order valence-electron chi connectivity index (χ1n) is 8.85. The van der Waals surface area contributed by atoms with Crippen molar-refractivity contribution >= 4 is 35.8 Å². The Morgan fingerprint density at radius 3 is 2.64 bits per heavy atom. The predicted molar refractivity (Wildman–Crippen MR) is 115 cm³/mol. The number of likely N-dealkylation sites (N-methyl/N-ethyl adjacent to an activating group) is 1. The van der Waals surface area contributed by atoms with Gasteiger partial charge >= 0.3 is 0 Å². The van der Waals surface area contributed by atoms with Crippen LogP contribution in [0.2, 0.25) is 0 Å². The molecule has 1 fully saturated rings. The number of halogens is 1. The molecular formula is C19H31IN4O. The largest absolute Gasteiger partial charge is 0.357 e. The first-order chi connectivity index (χ1) is 11.5. The number of carbonyl (C=O) groups is 1. The summed E-state index contributed by atoms with van der Waals surface area (Å²) in [5.74, 6) is 1.43. The molecule has 1 heterocycles. The second-order valence-corrected chi connectivity index (χ2v) is 6.69. The van der Waals surface area contributed by atoms with Gasteiger partial charge in [0.1, 0.15) is 0 Å². The van der Waals surface area contributed by atoms with Crippen LogP contribution in [0.4, 0.5) is 0 Å². The lowest BCUT2D eigenvalue weighted by Crippen LogP contribution is -2.51. The van der Waals surface area contributed by atoms with E-state index in [0.717, 1.165) is 32.0 Å². The van der Waals surface area contributed by atoms with Gasteiger partial charge in [-0.1, -0.05) is 36.8 Å². The van der Waals surface area contributed by atoms with Crippen molar-refractivity contribution in [3.05, 3.63) is 35.4 Å². The van der Waals surface area contributed by atoms with Crippen LogP contribution in [-0.4, -0.2) is 49.5 Å². The van der Waals surface area contributed by atoms with E-state index in [-0.39, 0.29) is 35.9 Å². The van der Waals surface area contributed by atoms with Gasteiger partial charge in [0.05, 0.1) is 0 Å². The highest BCUT2D eigenvalue weighted by Gasteiger charge is 2.23. The number of hydrogen-bond donors (Lipinski definition) is 2. The van der Waals surface area contributed by atoms with Crippen LogP contribution in [0.25, 0.3) is 0 Å². The SMILES string of the molecule is CCNC(=NCC(C)c1ccc(C)cc1)NC1CCC(=O)N(C)C1.I. The number of amides is 1. The Morgan fingerprint density at radius 2 is 2.04 bits per heavy atom. The Hall–Kier alpha value is -1.31. The minimum absolute atomic E-state index is 0. The lowest BCUT2D eigenvalue weighted by Gasteiger charge is -2.31. The maximum absolute atomic E-state index is 11.6. The number of piperidine rings is 1. The number of rotatable bonds is 5. The van der Waals surface area contributed by atoms with E-state index in [9.17, 15) is 4.79 Å². The molecule has 0 spiro atoms. The number of likely N-dealkylation sites (tertiary alicyclic amines) is 1. The third-order valence-corrected chi connectivity index (χ3v) is 4.48. The van der Waals surface area contributed by atoms with Gasteiger partial charge in [-0.25, -0.2) is 0 Å². The van der Waals surface area contributed by atoms with Crippen molar-refractivity contribution in [3.63, 3.8) is 0 Å². The summed E-state index contributed by atoms with van der Waals surface area (Å²) in [4.78, 5) is 18.1. The predicted octanol–water partition coefficient (Wildman–Crippen LogP) is 2.89. The average Bonchev–Trinajstić information content (AvgIpc) is 2.56. The number of aliphatic imine (C=N–C) groups is 1. The highest BCUT2D eigenvalue weighted by Crippen LogP contribution is 2.16. The Labute approximate surface area is 168 Å². The maximum Gasteiger partial charge on any atom is 0.222 e. The van der Waals surface area contributed by atoms with Gasteiger partial charge in [-0.05, 0) is 25.8 Å². The van der Waals surface area contributed by atoms with Gasteiger partial charge in [0.2, 0.25) is 5.91 Å². The van der Waals surface area contributed by atoms with Crippen molar-refractivity contribution in [2.45, 2.75) is 45.6 Å². The van der Waals surface area contributed by atoms with Gasteiger partial charge in [-0.3, -0.25) is 9.79 Å². The maximum atomic E-state index is 11.6. The van der Waals surface area contributed by atoms with Gasteiger partial charge in [0, 0.05) is 45.1 Å². The number of aryl methyl sites for hydroxylation is 1. The number of benzene rings is 1. The lowest BCUT2D eigenvalue weighted by atomic mass is 10.0. The second-order valence-electron chi connectivity index (χ2n) is 6.69. The van der Waals surface area contributed by atoms with E-state index in [1.807, 2.05) is 7.05 Å². The van der Waals surface area contributed by atoms with E-state index in [4.69, 9.17) is 4.99 Å². The van der Waals surface area contributed by atoms with E-state index in [0.29, 0.717) is 12.3 Å². The molecule has 1 aromatic rings. The van der Waals surface area contributed by atoms with Crippen molar-refractivity contribution in [1.82, 2.24) is 15.5 Å². The first-order valence-corrected chi connectivity index (χ1v) is 8.85. The smallest absolute Gasteiger partial charge is 0.222 e. The molecular weight excluding hydrogens is 427 g/mol. The number of nitrogens with zero attached hydrogens (tertiary/aromatic N) is 2. The molecule has 2 N–H and O–H groups in total. The van der Waals surface area contributed by atoms with Crippen molar-refractivity contribution in [3.8, 4) is 0 Å². The third kappa shape index (κ3) is 6.84. The van der Waals surface area contributed by atoms with Crippen LogP contribution in [0.5, 0.6) is 0 Å². The minimum Gasteiger partial charge on any atom is -0.357 e. The molecule has 2 atom stereocenters. The highest BCUT2D eigenvalue weighted by atomic mass is 127. The molecule has 1 aliphatic heterocycles. The molecule has 0 saturated carbocycles. The summed E-state index contributed by atoms with van der Waals surface area (Å²) in [5.41, 5.74) is 2.59. The van der Waals surface area contributed by atoms with E-state index in [1.165, 1.54) is 11.1 Å². The standard InChI is InChI=1S/C19H30N4O.HI/c1-5-20-19(22-17-10-11-18(24)23(4)13-17)21-12-15(3)16-8-6-14(2)7-9-16;/h6-9,15,17H,5,10-13H2,1-4H3,(H2,20,21,22);1H. The van der Waals surface area contributed by atoms with Gasteiger partial charge < -0.3 is 15.5 Å². The number of carbonyl (C=O) groups excluding carboxylic acids is 1. The van der Waals surface area contributed by atoms with E-state index in [2.05, 4.69) is 55.7 Å². The summed E-state index contributed by atoms with van der Waals surface area (Å²) >= 11 is 0. The zero-order chi connectivity index (χ0) is 17.5. The topological polar surface area (TPSA) is 56.7 Å². The summed E-state index contributed by atoms with van der Waals surface area (Å²) in [5, 5.41) is 6.78. The normalized spacial score (nSPS) is 19.2. The van der Waals surface area contributed by atoms with Crippen LogP contribution in [0, 0.1) is 6.92 Å². The third-order valence-electron chi connectivity index (χ3n) is 4.48. The Kier molecular flexibility index (Phi) is 9.24. The van der Waals surface area contributed by atoms with Crippen LogP contribution >= 0.6 is 24.0 Å². The summed E-state index contributed by atoms with van der Waals surface area (Å²) in [6.07, 6.45) is 1.47. The zero-order valence-electron chi connectivity index (χ0n) is 15.7. The number of hydrogen-bond acceptors (Lipinski definition) is 2. The summed E-state index contributed by atoms with van der Waals surface area (Å²) in [6, 6.07) is 8.91. The van der Waals surface area contributed by atoms with Crippen molar-refractivity contribution in [2.24, 2.45) is 4.99 Å². The number of guanidine groups is 1. The van der Waals surface area contributed by atoms with Gasteiger partial charge in [0.15, 0.2) is 5.96 Å². The molecule has 0 aromatic heterocycles. The minimum atomic E-state index is 0. The molecule has 2 unspecified atom stereocenters. The molecule has 0 bridgehead atoms. The number of nitrogens with one attached hydrogen (secondary N) is 2. The van der Waals surface area contributed by atoms with E-state index < -0.39 is 0 Å². The molecule has 1 saturated heterocycles. The fraction of sp³-hybridized carbons (Fsp3) is 0.579. The monoisotopic (exact) mass is 458 g/mol. The Balaban J connectivity index is 0.00000312. The van der Waals surface area contributed by atoms with Crippen LogP contribution in [0.3, 0.4) is 0 Å². The molecule has 1 amide bonds. The van der Waals surface area contributed by atoms with Crippen LogP contribution in [0.1, 0.15) is 43.7 Å². The van der Waals surface area contributed by atoms with Crippen molar-refractivity contribution in [1.29, 1.82) is 0 Å². The van der Waals surface area contributed by atoms with Crippen LogP contribution in [0.15, 0.2) is 29.3 Å². The zero-order valence-corrected chi connectivity index (χ0v) is 18.0. The van der Waals surface area contributed by atoms with Gasteiger partial charge in [-0.2, -0.15) is 0 Å². The van der Waals surface area contributed by atoms with Gasteiger partial charge in [-0.15, -0.1) is 24.0 Å². The summed E-state index contributed by atoms with van der Waals surface area (Å²) in [7, 11) is 1.86. The fourth-order valence-electron chi connectivity index (χ4n) is 2.87. The molecule has 140 valence electrons. The average molecular weight is 458 g/mol. The molecule has 0 radical (unpaired) electrons. The molecule has 1 aromatic carbocycles. The van der Waals surface area contributed by atoms with Crippen molar-refractivity contribution < 1.29 is 4.79 Å². The van der Waals surface area contributed by atoms with Crippen LogP contribution < -0.4 is 10.6 Å². The lowest BCUT2D eigenvalue weighted by molar-refractivity contribution is -0.132. The van der Waals surface area contributed by atoms with Gasteiger partial charge in [0.25, 0.3) is 0 Å². The molecule has 1 aliphatic rings. The Bertz CT molecular complexity index is 573. The molecule has 2 rings (SSSR count). The quantitative estimate of drug-likeness (QED) is 0.406. The van der Waals surface area contributed by atoms with Crippen LogP contribution in [-0.2, 0) is 4.79 Å². The van der Waals surface area contributed by atoms with E-state index >= 15 is 0 Å². The fourth-order valence-corrected chi connectivity index (χ4v) is 2.87. The molecule has 6 heteroatoms. The first kappa shape index (κ1) is 21.7. The Morgan fingerprint density at radius 1 is 1.36 bits per heavy atom. The summed E-state index contributed by atoms with van der Waals surface area (Å²) in [6.45, 7) is 8.66. The van der Waals surface area contributed by atoms with Crippen molar-refractivity contribution in [2.75, 3.05) is 26.7 Å². The molecule has 5 nitrogen and oxygen atoms in total.